The van der Waals surface area contributed by atoms with Crippen molar-refractivity contribution in [3.05, 3.63) is 40.6 Å². The molecule has 126 valence electrons. The van der Waals surface area contributed by atoms with Crippen LogP contribution in [0.1, 0.15) is 0 Å². The Bertz CT molecular complexity index is 1150. The third-order valence-electron chi connectivity index (χ3n) is 3.35. The van der Waals surface area contributed by atoms with Gasteiger partial charge < -0.3 is 14.6 Å². The van der Waals surface area contributed by atoms with Gasteiger partial charge in [-0.1, -0.05) is 6.07 Å². The van der Waals surface area contributed by atoms with E-state index in [4.69, 9.17) is 4.42 Å². The fourth-order valence-corrected chi connectivity index (χ4v) is 3.05. The number of aromatic hydroxyl groups is 2. The van der Waals surface area contributed by atoms with E-state index in [1.165, 1.54) is 18.2 Å². The van der Waals surface area contributed by atoms with Crippen molar-refractivity contribution in [1.29, 1.82) is 0 Å². The minimum atomic E-state index is -5.74. The second kappa shape index (κ2) is 4.87. The van der Waals surface area contributed by atoms with E-state index in [0.717, 1.165) is 0 Å². The van der Waals surface area contributed by atoms with Crippen LogP contribution < -0.4 is 5.43 Å². The summed E-state index contributed by atoms with van der Waals surface area (Å²) in [4.78, 5) is 11.1. The summed E-state index contributed by atoms with van der Waals surface area (Å²) >= 11 is 0. The molecular formula is C14H7F3O6S. The molecule has 0 saturated heterocycles. The highest BCUT2D eigenvalue weighted by Gasteiger charge is 2.47. The first-order valence-electron chi connectivity index (χ1n) is 6.27. The van der Waals surface area contributed by atoms with Gasteiger partial charge in [-0.2, -0.15) is 13.2 Å². The number of hydrogen-bond donors (Lipinski definition) is 2. The first-order chi connectivity index (χ1) is 11.0. The summed E-state index contributed by atoms with van der Waals surface area (Å²) in [6.45, 7) is 0. The minimum absolute atomic E-state index is 0.173. The van der Waals surface area contributed by atoms with E-state index in [1.54, 1.807) is 0 Å². The molecule has 3 rings (SSSR count). The molecule has 0 radical (unpaired) electrons. The van der Waals surface area contributed by atoms with Gasteiger partial charge in [-0.05, 0) is 18.2 Å². The van der Waals surface area contributed by atoms with Gasteiger partial charge in [0, 0.05) is 6.07 Å². The largest absolute Gasteiger partial charge is 0.507 e. The monoisotopic (exact) mass is 360 g/mol. The number of rotatable bonds is 1. The molecule has 0 amide bonds. The average molecular weight is 360 g/mol. The number of alkyl halides is 3. The maximum Gasteiger partial charge on any atom is 0.501 e. The van der Waals surface area contributed by atoms with E-state index in [2.05, 4.69) is 0 Å². The standard InChI is InChI=1S/C14H7F3O6S/c15-14(16,17)24(21,22)6-4-8(19)12-10(5-6)23-9-3-1-2-7(18)11(9)13(12)20/h1-5,18-19H. The van der Waals surface area contributed by atoms with Gasteiger partial charge in [-0.25, -0.2) is 8.42 Å². The van der Waals surface area contributed by atoms with Crippen molar-refractivity contribution in [2.75, 3.05) is 0 Å². The third kappa shape index (κ3) is 2.18. The molecule has 6 nitrogen and oxygen atoms in total. The lowest BCUT2D eigenvalue weighted by molar-refractivity contribution is -0.0435. The summed E-state index contributed by atoms with van der Waals surface area (Å²) in [5.41, 5.74) is -7.21. The lowest BCUT2D eigenvalue weighted by Crippen LogP contribution is -2.23. The second-order valence-corrected chi connectivity index (χ2v) is 6.79. The van der Waals surface area contributed by atoms with Crippen molar-refractivity contribution in [3.63, 3.8) is 0 Å². The van der Waals surface area contributed by atoms with Gasteiger partial charge in [0.25, 0.3) is 9.84 Å². The Morgan fingerprint density at radius 2 is 1.58 bits per heavy atom. The fraction of sp³-hybridized carbons (Fsp3) is 0.0714. The molecule has 0 aliphatic carbocycles. The van der Waals surface area contributed by atoms with Gasteiger partial charge in [-0.3, -0.25) is 4.79 Å². The quantitative estimate of drug-likeness (QED) is 0.647. The van der Waals surface area contributed by atoms with E-state index in [9.17, 15) is 36.6 Å². The highest BCUT2D eigenvalue weighted by Crippen LogP contribution is 2.36. The SMILES string of the molecule is O=c1c2c(O)cccc2oc2cc(S(=O)(=O)C(F)(F)F)cc(O)c12. The molecular weight excluding hydrogens is 353 g/mol. The summed E-state index contributed by atoms with van der Waals surface area (Å²) in [5.74, 6) is -1.45. The summed E-state index contributed by atoms with van der Waals surface area (Å²) in [7, 11) is -5.74. The minimum Gasteiger partial charge on any atom is -0.507 e. The van der Waals surface area contributed by atoms with Crippen LogP contribution in [0.4, 0.5) is 13.2 Å². The first kappa shape index (κ1) is 16.1. The van der Waals surface area contributed by atoms with E-state index >= 15 is 0 Å². The Morgan fingerprint density at radius 3 is 2.21 bits per heavy atom. The van der Waals surface area contributed by atoms with Crippen molar-refractivity contribution in [2.24, 2.45) is 0 Å². The maximum absolute atomic E-state index is 12.6. The van der Waals surface area contributed by atoms with Crippen molar-refractivity contribution in [2.45, 2.75) is 10.4 Å². The molecule has 0 unspecified atom stereocenters. The van der Waals surface area contributed by atoms with Gasteiger partial charge in [-0.15, -0.1) is 0 Å². The van der Waals surface area contributed by atoms with Crippen LogP contribution in [-0.4, -0.2) is 24.1 Å². The second-order valence-electron chi connectivity index (χ2n) is 4.85. The van der Waals surface area contributed by atoms with Crippen molar-refractivity contribution < 1.29 is 36.2 Å². The number of halogens is 3. The molecule has 2 aromatic carbocycles. The molecule has 1 aromatic heterocycles. The normalized spacial score (nSPS) is 12.8. The smallest absolute Gasteiger partial charge is 0.501 e. The highest BCUT2D eigenvalue weighted by molar-refractivity contribution is 7.92. The number of phenolic OH excluding ortho intramolecular Hbond substituents is 2. The first-order valence-corrected chi connectivity index (χ1v) is 7.75. The molecule has 0 bridgehead atoms. The van der Waals surface area contributed by atoms with Gasteiger partial charge in [0.2, 0.25) is 5.43 Å². The van der Waals surface area contributed by atoms with Gasteiger partial charge >= 0.3 is 5.51 Å². The summed E-state index contributed by atoms with van der Waals surface area (Å²) in [6, 6.07) is 4.59. The predicted octanol–water partition coefficient (Wildman–Crippen LogP) is 2.65. The van der Waals surface area contributed by atoms with Gasteiger partial charge in [0.15, 0.2) is 0 Å². The molecule has 10 heteroatoms. The maximum atomic E-state index is 12.6. The Morgan fingerprint density at radius 1 is 0.958 bits per heavy atom. The number of fused-ring (bicyclic) bond motifs is 2. The molecule has 0 atom stereocenters. The van der Waals surface area contributed by atoms with Gasteiger partial charge in [0.1, 0.15) is 33.4 Å². The third-order valence-corrected chi connectivity index (χ3v) is 4.81. The van der Waals surface area contributed by atoms with Gasteiger partial charge in [0.05, 0.1) is 4.90 Å². The van der Waals surface area contributed by atoms with Crippen molar-refractivity contribution in [1.82, 2.24) is 0 Å². The van der Waals surface area contributed by atoms with E-state index in [-0.39, 0.29) is 11.0 Å². The molecule has 2 N–H and O–H groups in total. The number of benzene rings is 2. The number of sulfone groups is 1. The van der Waals surface area contributed by atoms with Crippen molar-refractivity contribution >= 4 is 31.8 Å². The van der Waals surface area contributed by atoms with E-state index < -0.39 is 48.1 Å². The molecule has 24 heavy (non-hydrogen) atoms. The molecule has 0 spiro atoms. The molecule has 0 saturated carbocycles. The zero-order chi connectivity index (χ0) is 17.9. The molecule has 0 aliphatic rings. The lowest BCUT2D eigenvalue weighted by atomic mass is 10.1. The molecule has 0 aliphatic heterocycles. The summed E-state index contributed by atoms with van der Waals surface area (Å²) in [6.07, 6.45) is 0. The van der Waals surface area contributed by atoms with Crippen LogP contribution in [0.5, 0.6) is 11.5 Å². The zero-order valence-electron chi connectivity index (χ0n) is 11.5. The van der Waals surface area contributed by atoms with Crippen LogP contribution >= 0.6 is 0 Å². The van der Waals surface area contributed by atoms with E-state index in [1.807, 2.05) is 0 Å². The predicted molar refractivity (Wildman–Crippen MR) is 76.6 cm³/mol. The number of hydrogen-bond acceptors (Lipinski definition) is 6. The van der Waals surface area contributed by atoms with Crippen LogP contribution in [0.2, 0.25) is 0 Å². The Hall–Kier alpha value is -2.75. The number of phenols is 2. The topological polar surface area (TPSA) is 105 Å². The lowest BCUT2D eigenvalue weighted by Gasteiger charge is -2.10. The van der Waals surface area contributed by atoms with Crippen LogP contribution in [0.15, 0.2) is 44.4 Å². The van der Waals surface area contributed by atoms with Crippen molar-refractivity contribution in [3.8, 4) is 11.5 Å². The van der Waals surface area contributed by atoms with E-state index in [0.29, 0.717) is 12.1 Å². The Kier molecular flexibility index (Phi) is 3.27. The van der Waals surface area contributed by atoms with Crippen LogP contribution in [0.3, 0.4) is 0 Å². The summed E-state index contributed by atoms with van der Waals surface area (Å²) in [5, 5.41) is 18.7. The highest BCUT2D eigenvalue weighted by atomic mass is 32.2. The summed E-state index contributed by atoms with van der Waals surface area (Å²) < 4.78 is 66.0. The Balaban J connectivity index is 2.47. The van der Waals surface area contributed by atoms with Crippen LogP contribution in [-0.2, 0) is 9.84 Å². The molecule has 3 aromatic rings. The fourth-order valence-electron chi connectivity index (χ4n) is 2.25. The molecule has 0 fully saturated rings. The van der Waals surface area contributed by atoms with Crippen LogP contribution in [0.25, 0.3) is 21.9 Å². The zero-order valence-corrected chi connectivity index (χ0v) is 12.3. The van der Waals surface area contributed by atoms with Crippen LogP contribution in [0, 0.1) is 0 Å². The molecule has 1 heterocycles. The average Bonchev–Trinajstić information content (AvgIpc) is 2.45. The Labute approximate surface area is 131 Å².